The third-order valence-electron chi connectivity index (χ3n) is 3.63. The van der Waals surface area contributed by atoms with Gasteiger partial charge in [-0.2, -0.15) is 0 Å². The molecule has 0 amide bonds. The van der Waals surface area contributed by atoms with Crippen LogP contribution >= 0.6 is 0 Å². The maximum absolute atomic E-state index is 11.3. The Hall–Kier alpha value is -1.06. The summed E-state index contributed by atoms with van der Waals surface area (Å²) in [6, 6.07) is 0. The van der Waals surface area contributed by atoms with Gasteiger partial charge in [0.2, 0.25) is 0 Å². The molecule has 4 heteroatoms. The smallest absolute Gasteiger partial charge is 0.309 e. The van der Waals surface area contributed by atoms with Gasteiger partial charge in [0.15, 0.2) is 0 Å². The lowest BCUT2D eigenvalue weighted by atomic mass is 9.63. The Morgan fingerprint density at radius 2 is 1.29 bits per heavy atom. The summed E-state index contributed by atoms with van der Waals surface area (Å²) in [7, 11) is 2.79. The van der Waals surface area contributed by atoms with Crippen molar-refractivity contribution in [3.8, 4) is 0 Å². The summed E-state index contributed by atoms with van der Waals surface area (Å²) in [5.74, 6) is -0.108. The third-order valence-corrected chi connectivity index (χ3v) is 3.63. The fraction of sp³-hybridized carbons (Fsp3) is 0.800. The van der Waals surface area contributed by atoms with Crippen molar-refractivity contribution < 1.29 is 19.1 Å². The first kappa shape index (κ1) is 9.49. The Morgan fingerprint density at radius 1 is 0.929 bits per heavy atom. The van der Waals surface area contributed by atoms with E-state index in [1.165, 1.54) is 14.2 Å². The summed E-state index contributed by atoms with van der Waals surface area (Å²) in [5, 5.41) is 0. The van der Waals surface area contributed by atoms with E-state index in [0.29, 0.717) is 0 Å². The topological polar surface area (TPSA) is 52.6 Å². The number of hydrogen-bond donors (Lipinski definition) is 0. The molecule has 3 rings (SSSR count). The van der Waals surface area contributed by atoms with E-state index in [1.807, 2.05) is 0 Å². The number of rotatable bonds is 2. The second-order valence-electron chi connectivity index (χ2n) is 4.00. The molecule has 0 radical (unpaired) electrons. The molecule has 0 N–H and O–H groups in total. The summed E-state index contributed by atoms with van der Waals surface area (Å²) in [6.07, 6.45) is 1.90. The minimum atomic E-state index is -0.169. The number of fused-ring (bicyclic) bond motifs is 1. The van der Waals surface area contributed by atoms with Gasteiger partial charge in [0, 0.05) is 0 Å². The molecule has 0 unspecified atom stereocenters. The predicted octanol–water partition coefficient (Wildman–Crippen LogP) is 0.605. The van der Waals surface area contributed by atoms with Crippen LogP contribution in [0.3, 0.4) is 0 Å². The highest BCUT2D eigenvalue weighted by atomic mass is 16.5. The number of hydrogen-bond acceptors (Lipinski definition) is 4. The molecule has 0 aromatic carbocycles. The van der Waals surface area contributed by atoms with Crippen LogP contribution in [0.1, 0.15) is 12.8 Å². The van der Waals surface area contributed by atoms with Crippen molar-refractivity contribution in [1.29, 1.82) is 0 Å². The van der Waals surface area contributed by atoms with Gasteiger partial charge in [-0.05, 0) is 24.7 Å². The van der Waals surface area contributed by atoms with Gasteiger partial charge in [-0.25, -0.2) is 0 Å². The standard InChI is InChI=1S/C10H14O4/c1-13-9(11)7-5-3-4-6(7)8(5)10(12)14-2/h5-8H,3-4H2,1-2H3. The summed E-state index contributed by atoms with van der Waals surface area (Å²) in [4.78, 5) is 22.7. The second-order valence-corrected chi connectivity index (χ2v) is 4.00. The fourth-order valence-corrected chi connectivity index (χ4v) is 3.01. The Balaban J connectivity index is 2.05. The molecule has 3 saturated carbocycles. The zero-order valence-electron chi connectivity index (χ0n) is 8.36. The number of carbonyl (C=O) groups is 2. The average Bonchev–Trinajstić information content (AvgIpc) is 2.77. The summed E-state index contributed by atoms with van der Waals surface area (Å²) >= 11 is 0. The van der Waals surface area contributed by atoms with Crippen molar-refractivity contribution in [2.75, 3.05) is 14.2 Å². The normalized spacial score (nSPS) is 38.7. The van der Waals surface area contributed by atoms with Crippen molar-refractivity contribution in [2.24, 2.45) is 23.7 Å². The van der Waals surface area contributed by atoms with Gasteiger partial charge in [-0.3, -0.25) is 9.59 Å². The average molecular weight is 198 g/mol. The molecule has 0 aromatic rings. The largest absolute Gasteiger partial charge is 0.469 e. The van der Waals surface area contributed by atoms with E-state index in [9.17, 15) is 9.59 Å². The molecule has 0 heterocycles. The van der Waals surface area contributed by atoms with Crippen LogP contribution in [0.15, 0.2) is 0 Å². The van der Waals surface area contributed by atoms with Crippen LogP contribution in [0.25, 0.3) is 0 Å². The Labute approximate surface area is 82.6 Å². The number of carbonyl (C=O) groups excluding carboxylic acids is 2. The first-order valence-electron chi connectivity index (χ1n) is 4.86. The van der Waals surface area contributed by atoms with E-state index < -0.39 is 0 Å². The zero-order chi connectivity index (χ0) is 10.3. The molecule has 2 bridgehead atoms. The highest BCUT2D eigenvalue weighted by Gasteiger charge is 2.62. The lowest BCUT2D eigenvalue weighted by molar-refractivity contribution is -0.168. The number of methoxy groups -OCH3 is 2. The summed E-state index contributed by atoms with van der Waals surface area (Å²) in [6.45, 7) is 0. The van der Waals surface area contributed by atoms with E-state index in [2.05, 4.69) is 0 Å². The first-order chi connectivity index (χ1) is 6.70. The van der Waals surface area contributed by atoms with Crippen molar-refractivity contribution in [1.82, 2.24) is 0 Å². The maximum atomic E-state index is 11.3. The van der Waals surface area contributed by atoms with Crippen LogP contribution in [0, 0.1) is 23.7 Å². The molecule has 0 spiro atoms. The highest BCUT2D eigenvalue weighted by Crippen LogP contribution is 2.58. The van der Waals surface area contributed by atoms with Gasteiger partial charge in [0.25, 0.3) is 0 Å². The molecule has 0 saturated heterocycles. The van der Waals surface area contributed by atoms with Crippen molar-refractivity contribution in [3.05, 3.63) is 0 Å². The fourth-order valence-electron chi connectivity index (χ4n) is 3.01. The lowest BCUT2D eigenvalue weighted by Crippen LogP contribution is -2.48. The zero-order valence-corrected chi connectivity index (χ0v) is 8.36. The minimum absolute atomic E-state index is 0.0518. The van der Waals surface area contributed by atoms with Crippen LogP contribution in [0.5, 0.6) is 0 Å². The quantitative estimate of drug-likeness (QED) is 0.610. The van der Waals surface area contributed by atoms with Gasteiger partial charge in [-0.1, -0.05) is 0 Å². The molecule has 3 aliphatic carbocycles. The molecule has 0 aliphatic heterocycles. The third kappa shape index (κ3) is 1.06. The van der Waals surface area contributed by atoms with E-state index in [-0.39, 0.29) is 35.6 Å². The number of esters is 2. The maximum Gasteiger partial charge on any atom is 0.309 e. The van der Waals surface area contributed by atoms with Crippen molar-refractivity contribution in [3.63, 3.8) is 0 Å². The van der Waals surface area contributed by atoms with E-state index in [1.54, 1.807) is 0 Å². The minimum Gasteiger partial charge on any atom is -0.469 e. The van der Waals surface area contributed by atoms with Gasteiger partial charge in [0.05, 0.1) is 26.1 Å². The van der Waals surface area contributed by atoms with Gasteiger partial charge in [0.1, 0.15) is 0 Å². The van der Waals surface area contributed by atoms with Crippen LogP contribution in [0.4, 0.5) is 0 Å². The Bertz CT molecular complexity index is 237. The van der Waals surface area contributed by atoms with Crippen molar-refractivity contribution in [2.45, 2.75) is 12.8 Å². The second kappa shape index (κ2) is 3.26. The SMILES string of the molecule is COC(=O)C1C2CCC1C2C(=O)OC. The van der Waals surface area contributed by atoms with E-state index in [0.717, 1.165) is 12.8 Å². The molecule has 0 atom stereocenters. The van der Waals surface area contributed by atoms with Crippen LogP contribution in [-0.4, -0.2) is 26.2 Å². The molecule has 14 heavy (non-hydrogen) atoms. The molecular weight excluding hydrogens is 184 g/mol. The summed E-state index contributed by atoms with van der Waals surface area (Å²) in [5.41, 5.74) is 0. The molecule has 78 valence electrons. The first-order valence-corrected chi connectivity index (χ1v) is 4.86. The van der Waals surface area contributed by atoms with Gasteiger partial charge < -0.3 is 9.47 Å². The number of ether oxygens (including phenoxy) is 2. The van der Waals surface area contributed by atoms with Gasteiger partial charge >= 0.3 is 11.9 Å². The summed E-state index contributed by atoms with van der Waals surface area (Å²) < 4.78 is 9.41. The lowest BCUT2D eigenvalue weighted by Gasteiger charge is -2.40. The van der Waals surface area contributed by atoms with Crippen LogP contribution in [-0.2, 0) is 19.1 Å². The Morgan fingerprint density at radius 3 is 1.57 bits per heavy atom. The predicted molar refractivity (Wildman–Crippen MR) is 47.2 cm³/mol. The van der Waals surface area contributed by atoms with Crippen LogP contribution < -0.4 is 0 Å². The molecule has 0 aromatic heterocycles. The molecular formula is C10H14O4. The molecule has 3 aliphatic rings. The van der Waals surface area contributed by atoms with Crippen LogP contribution in [0.2, 0.25) is 0 Å². The van der Waals surface area contributed by atoms with Crippen molar-refractivity contribution >= 4 is 11.9 Å². The van der Waals surface area contributed by atoms with E-state index in [4.69, 9.17) is 9.47 Å². The Kier molecular flexibility index (Phi) is 2.21. The van der Waals surface area contributed by atoms with E-state index >= 15 is 0 Å². The van der Waals surface area contributed by atoms with Gasteiger partial charge in [-0.15, -0.1) is 0 Å². The highest BCUT2D eigenvalue weighted by molar-refractivity contribution is 5.82. The monoisotopic (exact) mass is 198 g/mol. The molecule has 3 fully saturated rings. The molecule has 4 nitrogen and oxygen atoms in total.